The second kappa shape index (κ2) is 7.74. The molecular weight excluding hydrogens is 249 g/mol. The Kier molecular flexibility index (Phi) is 6.57. The summed E-state index contributed by atoms with van der Waals surface area (Å²) in [7, 11) is 0. The maximum atomic E-state index is 8.54. The number of nitrogens with one attached hydrogen (secondary N) is 1. The lowest BCUT2D eigenvalue weighted by molar-refractivity contribution is 0.282. The van der Waals surface area contributed by atoms with Crippen molar-refractivity contribution in [3.63, 3.8) is 0 Å². The zero-order valence-corrected chi connectivity index (χ0v) is 10.4. The third kappa shape index (κ3) is 5.03. The summed E-state index contributed by atoms with van der Waals surface area (Å²) in [5, 5.41) is 12.6. The SMILES string of the molecule is OCCNCCCOc1ccc(Cl)c(Cl)c1. The molecule has 0 atom stereocenters. The summed E-state index contributed by atoms with van der Waals surface area (Å²) in [4.78, 5) is 0. The van der Waals surface area contributed by atoms with Gasteiger partial charge >= 0.3 is 0 Å². The van der Waals surface area contributed by atoms with Gasteiger partial charge in [-0.05, 0) is 25.1 Å². The van der Waals surface area contributed by atoms with Crippen LogP contribution >= 0.6 is 23.2 Å². The van der Waals surface area contributed by atoms with Crippen LogP contribution in [0.4, 0.5) is 0 Å². The molecule has 0 unspecified atom stereocenters. The number of hydrogen-bond donors (Lipinski definition) is 2. The Morgan fingerprint density at radius 2 is 2.00 bits per heavy atom. The first-order valence-corrected chi connectivity index (χ1v) is 5.89. The van der Waals surface area contributed by atoms with Crippen molar-refractivity contribution in [3.8, 4) is 5.75 Å². The maximum Gasteiger partial charge on any atom is 0.120 e. The van der Waals surface area contributed by atoms with E-state index < -0.39 is 0 Å². The first-order chi connectivity index (χ1) is 7.74. The molecule has 0 amide bonds. The molecule has 16 heavy (non-hydrogen) atoms. The van der Waals surface area contributed by atoms with E-state index in [1.807, 2.05) is 0 Å². The number of aliphatic hydroxyl groups is 1. The molecule has 0 aliphatic carbocycles. The van der Waals surface area contributed by atoms with Crippen LogP contribution in [0.15, 0.2) is 18.2 Å². The molecule has 5 heteroatoms. The Labute approximate surface area is 105 Å². The fraction of sp³-hybridized carbons (Fsp3) is 0.455. The van der Waals surface area contributed by atoms with Crippen LogP contribution in [0.2, 0.25) is 10.0 Å². The zero-order chi connectivity index (χ0) is 11.8. The van der Waals surface area contributed by atoms with E-state index in [1.54, 1.807) is 18.2 Å². The Bertz CT molecular complexity index is 321. The number of hydrogen-bond acceptors (Lipinski definition) is 3. The predicted octanol–water partition coefficient (Wildman–Crippen LogP) is 2.34. The van der Waals surface area contributed by atoms with Crippen LogP contribution in [0.3, 0.4) is 0 Å². The molecule has 0 heterocycles. The summed E-state index contributed by atoms with van der Waals surface area (Å²) in [5.41, 5.74) is 0. The number of halogens is 2. The standard InChI is InChI=1S/C11H15Cl2NO2/c12-10-3-2-9(8-11(10)13)16-7-1-4-14-5-6-15/h2-3,8,14-15H,1,4-7H2. The predicted molar refractivity (Wildman–Crippen MR) is 66.5 cm³/mol. The average molecular weight is 264 g/mol. The normalized spacial score (nSPS) is 10.4. The van der Waals surface area contributed by atoms with Crippen molar-refractivity contribution in [2.75, 3.05) is 26.3 Å². The molecular formula is C11H15Cl2NO2. The molecule has 0 saturated carbocycles. The highest BCUT2D eigenvalue weighted by molar-refractivity contribution is 6.42. The molecule has 0 radical (unpaired) electrons. The van der Waals surface area contributed by atoms with Crippen LogP contribution < -0.4 is 10.1 Å². The van der Waals surface area contributed by atoms with Gasteiger partial charge in [-0.1, -0.05) is 23.2 Å². The van der Waals surface area contributed by atoms with Crippen molar-refractivity contribution in [1.82, 2.24) is 5.32 Å². The van der Waals surface area contributed by atoms with Crippen LogP contribution in [-0.2, 0) is 0 Å². The number of ether oxygens (including phenoxy) is 1. The fourth-order valence-corrected chi connectivity index (χ4v) is 1.45. The Morgan fingerprint density at radius 3 is 2.69 bits per heavy atom. The van der Waals surface area contributed by atoms with Gasteiger partial charge < -0.3 is 15.2 Å². The summed E-state index contributed by atoms with van der Waals surface area (Å²) in [6.07, 6.45) is 0.875. The van der Waals surface area contributed by atoms with E-state index in [-0.39, 0.29) is 6.61 Å². The van der Waals surface area contributed by atoms with Gasteiger partial charge in [-0.3, -0.25) is 0 Å². The number of rotatable bonds is 7. The van der Waals surface area contributed by atoms with Gasteiger partial charge in [0.25, 0.3) is 0 Å². The van der Waals surface area contributed by atoms with E-state index in [1.165, 1.54) is 0 Å². The van der Waals surface area contributed by atoms with E-state index in [0.29, 0.717) is 23.2 Å². The van der Waals surface area contributed by atoms with E-state index in [9.17, 15) is 0 Å². The molecule has 2 N–H and O–H groups in total. The smallest absolute Gasteiger partial charge is 0.120 e. The lowest BCUT2D eigenvalue weighted by Gasteiger charge is -2.07. The Morgan fingerprint density at radius 1 is 1.19 bits per heavy atom. The highest BCUT2D eigenvalue weighted by atomic mass is 35.5. The second-order valence-corrected chi connectivity index (χ2v) is 4.07. The summed E-state index contributed by atoms with van der Waals surface area (Å²) in [5.74, 6) is 0.719. The summed E-state index contributed by atoms with van der Waals surface area (Å²) in [6.45, 7) is 2.21. The van der Waals surface area contributed by atoms with E-state index >= 15 is 0 Å². The molecule has 0 aromatic heterocycles. The second-order valence-electron chi connectivity index (χ2n) is 3.25. The molecule has 0 saturated heterocycles. The van der Waals surface area contributed by atoms with Gasteiger partial charge in [-0.2, -0.15) is 0 Å². The molecule has 0 aliphatic heterocycles. The van der Waals surface area contributed by atoms with E-state index in [0.717, 1.165) is 18.7 Å². The molecule has 0 fully saturated rings. The highest BCUT2D eigenvalue weighted by Gasteiger charge is 1.99. The van der Waals surface area contributed by atoms with Crippen LogP contribution in [0.5, 0.6) is 5.75 Å². The minimum Gasteiger partial charge on any atom is -0.493 e. The van der Waals surface area contributed by atoms with Gasteiger partial charge in [0, 0.05) is 12.6 Å². The Balaban J connectivity index is 2.19. The molecule has 0 bridgehead atoms. The largest absolute Gasteiger partial charge is 0.493 e. The summed E-state index contributed by atoms with van der Waals surface area (Å²) < 4.78 is 5.48. The molecule has 1 aromatic carbocycles. The van der Waals surface area contributed by atoms with Crippen LogP contribution in [0.1, 0.15) is 6.42 Å². The van der Waals surface area contributed by atoms with Crippen molar-refractivity contribution in [3.05, 3.63) is 28.2 Å². The number of aliphatic hydroxyl groups excluding tert-OH is 1. The van der Waals surface area contributed by atoms with Gasteiger partial charge in [-0.25, -0.2) is 0 Å². The molecule has 1 aromatic rings. The van der Waals surface area contributed by atoms with Crippen molar-refractivity contribution in [2.24, 2.45) is 0 Å². The molecule has 1 rings (SSSR count). The third-order valence-corrected chi connectivity index (χ3v) is 2.69. The zero-order valence-electron chi connectivity index (χ0n) is 8.88. The van der Waals surface area contributed by atoms with Crippen molar-refractivity contribution in [1.29, 1.82) is 0 Å². The van der Waals surface area contributed by atoms with E-state index in [2.05, 4.69) is 5.32 Å². The molecule has 0 aliphatic rings. The quantitative estimate of drug-likeness (QED) is 0.743. The number of benzene rings is 1. The third-order valence-electron chi connectivity index (χ3n) is 1.95. The first kappa shape index (κ1) is 13.6. The first-order valence-electron chi connectivity index (χ1n) is 5.13. The molecule has 90 valence electrons. The monoisotopic (exact) mass is 263 g/mol. The average Bonchev–Trinajstić information content (AvgIpc) is 2.28. The van der Waals surface area contributed by atoms with Gasteiger partial charge in [0.2, 0.25) is 0 Å². The summed E-state index contributed by atoms with van der Waals surface area (Å²) >= 11 is 11.6. The minimum atomic E-state index is 0.160. The molecule has 3 nitrogen and oxygen atoms in total. The van der Waals surface area contributed by atoms with Crippen LogP contribution in [0, 0.1) is 0 Å². The lowest BCUT2D eigenvalue weighted by atomic mass is 10.3. The van der Waals surface area contributed by atoms with Crippen LogP contribution in [0.25, 0.3) is 0 Å². The van der Waals surface area contributed by atoms with Crippen molar-refractivity contribution < 1.29 is 9.84 Å². The van der Waals surface area contributed by atoms with Crippen LogP contribution in [-0.4, -0.2) is 31.4 Å². The van der Waals surface area contributed by atoms with Gasteiger partial charge in [-0.15, -0.1) is 0 Å². The topological polar surface area (TPSA) is 41.5 Å². The molecule has 0 spiro atoms. The van der Waals surface area contributed by atoms with Crippen molar-refractivity contribution in [2.45, 2.75) is 6.42 Å². The maximum absolute atomic E-state index is 8.54. The Hall–Kier alpha value is -0.480. The fourth-order valence-electron chi connectivity index (χ4n) is 1.16. The van der Waals surface area contributed by atoms with Crippen molar-refractivity contribution >= 4 is 23.2 Å². The highest BCUT2D eigenvalue weighted by Crippen LogP contribution is 2.26. The minimum absolute atomic E-state index is 0.160. The van der Waals surface area contributed by atoms with E-state index in [4.69, 9.17) is 33.0 Å². The summed E-state index contributed by atoms with van der Waals surface area (Å²) in [6, 6.07) is 5.20. The lowest BCUT2D eigenvalue weighted by Crippen LogP contribution is -2.20. The van der Waals surface area contributed by atoms with Gasteiger partial charge in [0.05, 0.1) is 23.3 Å². The van der Waals surface area contributed by atoms with Gasteiger partial charge in [0.1, 0.15) is 5.75 Å². The van der Waals surface area contributed by atoms with Gasteiger partial charge in [0.15, 0.2) is 0 Å².